The quantitative estimate of drug-likeness (QED) is 0.412. The van der Waals surface area contributed by atoms with Crippen molar-refractivity contribution in [2.75, 3.05) is 0 Å². The first-order valence-electron chi connectivity index (χ1n) is 9.54. The summed E-state index contributed by atoms with van der Waals surface area (Å²) in [7, 11) is 0. The number of hydrogen-bond acceptors (Lipinski definition) is 4. The third kappa shape index (κ3) is 3.72. The molecule has 30 heavy (non-hydrogen) atoms. The number of carbonyl (C=O) groups is 1. The summed E-state index contributed by atoms with van der Waals surface area (Å²) in [6, 6.07) is 19.0. The van der Waals surface area contributed by atoms with Gasteiger partial charge in [-0.15, -0.1) is 0 Å². The number of benzene rings is 3. The van der Waals surface area contributed by atoms with Gasteiger partial charge < -0.3 is 9.63 Å². The van der Waals surface area contributed by atoms with Crippen LogP contribution in [0.3, 0.4) is 0 Å². The molecule has 0 amide bonds. The van der Waals surface area contributed by atoms with Crippen LogP contribution in [0.15, 0.2) is 65.2 Å². The average Bonchev–Trinajstić information content (AvgIpc) is 3.24. The SMILES string of the molecule is CCc1cc(-c2nc(-c3ccc(C(=O)O)c(Cl)c3)no2)ccc1-c1ccccc1C. The van der Waals surface area contributed by atoms with Gasteiger partial charge >= 0.3 is 5.97 Å². The first-order chi connectivity index (χ1) is 14.5. The number of nitrogens with zero attached hydrogens (tertiary/aromatic N) is 2. The predicted molar refractivity (Wildman–Crippen MR) is 117 cm³/mol. The number of carboxylic acids is 1. The van der Waals surface area contributed by atoms with Crippen LogP contribution in [0.2, 0.25) is 5.02 Å². The van der Waals surface area contributed by atoms with Gasteiger partial charge in [0.25, 0.3) is 5.89 Å². The molecule has 6 heteroatoms. The summed E-state index contributed by atoms with van der Waals surface area (Å²) in [4.78, 5) is 15.6. The maximum absolute atomic E-state index is 11.1. The van der Waals surface area contributed by atoms with Gasteiger partial charge in [0.15, 0.2) is 0 Å². The second-order valence-electron chi connectivity index (χ2n) is 6.96. The fourth-order valence-electron chi connectivity index (χ4n) is 3.44. The van der Waals surface area contributed by atoms with Gasteiger partial charge in [0.2, 0.25) is 5.82 Å². The molecular formula is C24H19ClN2O3. The standard InChI is InChI=1S/C24H19ClN2O3/c1-3-15-12-17(9-10-19(15)18-7-5-4-6-14(18)2)23-26-22(27-30-23)16-8-11-20(24(28)29)21(25)13-16/h4-13H,3H2,1-2H3,(H,28,29). The van der Waals surface area contributed by atoms with E-state index in [4.69, 9.17) is 21.2 Å². The van der Waals surface area contributed by atoms with Crippen LogP contribution >= 0.6 is 11.6 Å². The van der Waals surface area contributed by atoms with Crippen molar-refractivity contribution in [2.45, 2.75) is 20.3 Å². The first kappa shape index (κ1) is 19.9. The zero-order chi connectivity index (χ0) is 21.3. The van der Waals surface area contributed by atoms with Crippen molar-refractivity contribution in [3.8, 4) is 34.0 Å². The molecule has 0 saturated heterocycles. The Morgan fingerprint density at radius 1 is 1.03 bits per heavy atom. The van der Waals surface area contributed by atoms with Gasteiger partial charge in [-0.25, -0.2) is 4.79 Å². The van der Waals surface area contributed by atoms with E-state index >= 15 is 0 Å². The largest absolute Gasteiger partial charge is 0.478 e. The van der Waals surface area contributed by atoms with Crippen LogP contribution in [0.5, 0.6) is 0 Å². The molecule has 1 N–H and O–H groups in total. The zero-order valence-electron chi connectivity index (χ0n) is 16.5. The minimum atomic E-state index is -1.08. The molecule has 1 aromatic heterocycles. The van der Waals surface area contributed by atoms with Crippen molar-refractivity contribution >= 4 is 17.6 Å². The third-order valence-electron chi connectivity index (χ3n) is 5.05. The Balaban J connectivity index is 1.69. The van der Waals surface area contributed by atoms with Crippen molar-refractivity contribution in [3.63, 3.8) is 0 Å². The summed E-state index contributed by atoms with van der Waals surface area (Å²) in [5.41, 5.74) is 6.26. The molecule has 4 aromatic rings. The molecule has 0 bridgehead atoms. The lowest BCUT2D eigenvalue weighted by atomic mass is 9.93. The first-order valence-corrected chi connectivity index (χ1v) is 9.92. The number of carboxylic acid groups (broad SMARTS) is 1. The normalized spacial score (nSPS) is 10.9. The molecule has 0 saturated carbocycles. The molecule has 0 fully saturated rings. The lowest BCUT2D eigenvalue weighted by Crippen LogP contribution is -1.97. The van der Waals surface area contributed by atoms with E-state index in [2.05, 4.69) is 48.3 Å². The minimum Gasteiger partial charge on any atom is -0.478 e. The summed E-state index contributed by atoms with van der Waals surface area (Å²) in [5.74, 6) is -0.333. The topological polar surface area (TPSA) is 76.2 Å². The highest BCUT2D eigenvalue weighted by molar-refractivity contribution is 6.33. The van der Waals surface area contributed by atoms with Crippen molar-refractivity contribution in [1.82, 2.24) is 10.1 Å². The molecule has 1 heterocycles. The summed E-state index contributed by atoms with van der Waals surface area (Å²) in [6.45, 7) is 4.22. The second-order valence-corrected chi connectivity index (χ2v) is 7.37. The van der Waals surface area contributed by atoms with E-state index in [1.807, 2.05) is 18.2 Å². The number of aromatic carboxylic acids is 1. The number of aromatic nitrogens is 2. The van der Waals surface area contributed by atoms with Crippen LogP contribution in [0.25, 0.3) is 34.0 Å². The highest BCUT2D eigenvalue weighted by Gasteiger charge is 2.16. The molecule has 4 rings (SSSR count). The molecule has 0 unspecified atom stereocenters. The second kappa shape index (κ2) is 8.13. The van der Waals surface area contributed by atoms with Crippen LogP contribution < -0.4 is 0 Å². The molecular weight excluding hydrogens is 400 g/mol. The van der Waals surface area contributed by atoms with Gasteiger partial charge in [0.1, 0.15) is 0 Å². The molecule has 0 radical (unpaired) electrons. The van der Waals surface area contributed by atoms with Crippen LogP contribution in [0, 0.1) is 6.92 Å². The third-order valence-corrected chi connectivity index (χ3v) is 5.36. The van der Waals surface area contributed by atoms with Gasteiger partial charge in [-0.3, -0.25) is 0 Å². The van der Waals surface area contributed by atoms with E-state index in [9.17, 15) is 4.79 Å². The minimum absolute atomic E-state index is 0.0310. The summed E-state index contributed by atoms with van der Waals surface area (Å²) in [6.07, 6.45) is 0.866. The Hall–Kier alpha value is -3.44. The van der Waals surface area contributed by atoms with E-state index in [0.29, 0.717) is 17.3 Å². The Labute approximate surface area is 179 Å². The smallest absolute Gasteiger partial charge is 0.337 e. The molecule has 0 spiro atoms. The average molecular weight is 419 g/mol. The van der Waals surface area contributed by atoms with Crippen LogP contribution in [-0.2, 0) is 6.42 Å². The highest BCUT2D eigenvalue weighted by atomic mass is 35.5. The van der Waals surface area contributed by atoms with Crippen molar-refractivity contribution < 1.29 is 14.4 Å². The number of halogens is 1. The van der Waals surface area contributed by atoms with Gasteiger partial charge in [0.05, 0.1) is 10.6 Å². The lowest BCUT2D eigenvalue weighted by molar-refractivity contribution is 0.0697. The molecule has 0 aliphatic rings. The van der Waals surface area contributed by atoms with Gasteiger partial charge in [-0.05, 0) is 59.9 Å². The van der Waals surface area contributed by atoms with E-state index in [1.165, 1.54) is 34.4 Å². The van der Waals surface area contributed by atoms with Crippen molar-refractivity contribution in [2.24, 2.45) is 0 Å². The van der Waals surface area contributed by atoms with E-state index in [1.54, 1.807) is 6.07 Å². The Kier molecular flexibility index (Phi) is 5.38. The van der Waals surface area contributed by atoms with Crippen LogP contribution in [0.4, 0.5) is 0 Å². The molecule has 0 atom stereocenters. The van der Waals surface area contributed by atoms with E-state index in [-0.39, 0.29) is 10.6 Å². The monoisotopic (exact) mass is 418 g/mol. The van der Waals surface area contributed by atoms with Crippen molar-refractivity contribution in [3.05, 3.63) is 82.4 Å². The Morgan fingerprint density at radius 2 is 1.80 bits per heavy atom. The van der Waals surface area contributed by atoms with Gasteiger partial charge in [0, 0.05) is 11.1 Å². The Morgan fingerprint density at radius 3 is 2.50 bits per heavy atom. The number of rotatable bonds is 5. The van der Waals surface area contributed by atoms with Gasteiger partial charge in [-0.2, -0.15) is 4.98 Å². The fourth-order valence-corrected chi connectivity index (χ4v) is 3.70. The fraction of sp³-hybridized carbons (Fsp3) is 0.125. The van der Waals surface area contributed by atoms with Crippen molar-refractivity contribution in [1.29, 1.82) is 0 Å². The lowest BCUT2D eigenvalue weighted by Gasteiger charge is -2.11. The molecule has 150 valence electrons. The summed E-state index contributed by atoms with van der Waals surface area (Å²) < 4.78 is 5.47. The predicted octanol–water partition coefficient (Wildman–Crippen LogP) is 6.29. The maximum Gasteiger partial charge on any atom is 0.337 e. The van der Waals surface area contributed by atoms with Gasteiger partial charge in [-0.1, -0.05) is 60.1 Å². The maximum atomic E-state index is 11.1. The Bertz CT molecular complexity index is 1250. The molecule has 3 aromatic carbocycles. The van der Waals surface area contributed by atoms with Crippen LogP contribution in [0.1, 0.15) is 28.4 Å². The summed E-state index contributed by atoms with van der Waals surface area (Å²) in [5, 5.41) is 13.3. The van der Waals surface area contributed by atoms with E-state index in [0.717, 1.165) is 12.0 Å². The van der Waals surface area contributed by atoms with Crippen LogP contribution in [-0.4, -0.2) is 21.2 Å². The molecule has 0 aliphatic carbocycles. The number of hydrogen-bond donors (Lipinski definition) is 1. The molecule has 5 nitrogen and oxygen atoms in total. The molecule has 0 aliphatic heterocycles. The highest BCUT2D eigenvalue weighted by Crippen LogP contribution is 2.32. The van der Waals surface area contributed by atoms with E-state index < -0.39 is 5.97 Å². The zero-order valence-corrected chi connectivity index (χ0v) is 17.3. The number of aryl methyl sites for hydroxylation is 2. The summed E-state index contributed by atoms with van der Waals surface area (Å²) >= 11 is 6.06.